The first-order valence-corrected chi connectivity index (χ1v) is 5.36. The maximum absolute atomic E-state index is 4.28. The summed E-state index contributed by atoms with van der Waals surface area (Å²) < 4.78 is 3.52. The van der Waals surface area contributed by atoms with E-state index in [1.807, 2.05) is 5.93 Å². The molecular weight excluding hydrogens is 187 g/mol. The van der Waals surface area contributed by atoms with Crippen molar-refractivity contribution in [3.63, 3.8) is 0 Å². The molecule has 0 aliphatic rings. The number of hydrogen-bond acceptors (Lipinski definition) is 2. The van der Waals surface area contributed by atoms with Crippen LogP contribution in [0.4, 0.5) is 0 Å². The number of nitrogens with zero attached hydrogens (tertiary/aromatic N) is 2. The summed E-state index contributed by atoms with van der Waals surface area (Å²) in [6.45, 7) is 0. The number of fused-ring (bicyclic) bond motifs is 3. The van der Waals surface area contributed by atoms with E-state index in [2.05, 4.69) is 33.4 Å². The summed E-state index contributed by atoms with van der Waals surface area (Å²) in [7, 11) is 1.17. The maximum atomic E-state index is 4.28. The maximum Gasteiger partial charge on any atom is 0.198 e. The third-order valence-electron chi connectivity index (χ3n) is 1.81. The average Bonchev–Trinajstić information content (AvgIpc) is 2.62. The lowest BCUT2D eigenvalue weighted by atomic mass is 10.3. The molecule has 2 heterocycles. The van der Waals surface area contributed by atoms with Gasteiger partial charge in [0.2, 0.25) is 0 Å². The molecule has 0 N–H and O–H groups in total. The van der Waals surface area contributed by atoms with Crippen molar-refractivity contribution >= 4 is 34.9 Å². The Bertz CT molecular complexity index is 539. The molecule has 0 bridgehead atoms. The Balaban J connectivity index is 2.68. The molecule has 2 nitrogen and oxygen atoms in total. The SMILES string of the molecule is c1ccc2c(c1)sc1ncpn12. The van der Waals surface area contributed by atoms with Crippen LogP contribution in [0.15, 0.2) is 30.2 Å². The smallest absolute Gasteiger partial charge is 0.198 e. The Morgan fingerprint density at radius 3 is 3.25 bits per heavy atom. The minimum absolute atomic E-state index is 1.11. The molecule has 4 heteroatoms. The van der Waals surface area contributed by atoms with Gasteiger partial charge in [-0.05, 0) is 12.1 Å². The van der Waals surface area contributed by atoms with Crippen molar-refractivity contribution in [1.82, 2.24) is 9.15 Å². The van der Waals surface area contributed by atoms with Gasteiger partial charge < -0.3 is 0 Å². The van der Waals surface area contributed by atoms with Crippen LogP contribution in [0, 0.1) is 0 Å². The van der Waals surface area contributed by atoms with Crippen molar-refractivity contribution in [3.8, 4) is 0 Å². The van der Waals surface area contributed by atoms with Gasteiger partial charge in [-0.1, -0.05) is 23.5 Å². The van der Waals surface area contributed by atoms with Crippen LogP contribution in [0.25, 0.3) is 15.2 Å². The number of aromatic nitrogens is 2. The van der Waals surface area contributed by atoms with Crippen molar-refractivity contribution in [2.75, 3.05) is 0 Å². The molecule has 0 aliphatic carbocycles. The number of para-hydroxylation sites is 1. The molecule has 0 spiro atoms. The van der Waals surface area contributed by atoms with Crippen LogP contribution < -0.4 is 0 Å². The molecule has 0 aliphatic heterocycles. The second-order valence-corrected chi connectivity index (χ2v) is 4.40. The Hall–Kier alpha value is -0.920. The van der Waals surface area contributed by atoms with Crippen LogP contribution in [0.5, 0.6) is 0 Å². The number of rotatable bonds is 0. The molecule has 1 aromatic carbocycles. The molecule has 0 saturated carbocycles. The summed E-state index contributed by atoms with van der Waals surface area (Å²) in [4.78, 5) is 5.39. The zero-order valence-electron chi connectivity index (χ0n) is 6.14. The summed E-state index contributed by atoms with van der Waals surface area (Å²) in [6.07, 6.45) is 0. The van der Waals surface area contributed by atoms with Gasteiger partial charge in [0.05, 0.1) is 16.1 Å². The van der Waals surface area contributed by atoms with Crippen LogP contribution in [-0.4, -0.2) is 9.15 Å². The molecule has 2 aromatic heterocycles. The molecule has 12 heavy (non-hydrogen) atoms. The molecule has 0 amide bonds. The van der Waals surface area contributed by atoms with Crippen molar-refractivity contribution < 1.29 is 0 Å². The quantitative estimate of drug-likeness (QED) is 0.534. The van der Waals surface area contributed by atoms with Crippen molar-refractivity contribution in [2.45, 2.75) is 0 Å². The summed E-state index contributed by atoms with van der Waals surface area (Å²) in [5, 5.41) is 0. The van der Waals surface area contributed by atoms with Gasteiger partial charge in [-0.25, -0.2) is 4.98 Å². The van der Waals surface area contributed by atoms with E-state index in [4.69, 9.17) is 0 Å². The molecular formula is C8H5N2PS. The van der Waals surface area contributed by atoms with E-state index in [0.29, 0.717) is 0 Å². The zero-order valence-corrected chi connectivity index (χ0v) is 7.85. The Labute approximate surface area is 74.6 Å². The van der Waals surface area contributed by atoms with Gasteiger partial charge >= 0.3 is 0 Å². The van der Waals surface area contributed by atoms with E-state index in [-0.39, 0.29) is 0 Å². The molecule has 58 valence electrons. The van der Waals surface area contributed by atoms with E-state index >= 15 is 0 Å². The van der Waals surface area contributed by atoms with Crippen molar-refractivity contribution in [2.24, 2.45) is 0 Å². The summed E-state index contributed by atoms with van der Waals surface area (Å²) in [6, 6.07) is 8.40. The monoisotopic (exact) mass is 192 g/mol. The Morgan fingerprint density at radius 2 is 2.25 bits per heavy atom. The van der Waals surface area contributed by atoms with Gasteiger partial charge in [0.1, 0.15) is 0 Å². The second kappa shape index (κ2) is 2.28. The van der Waals surface area contributed by atoms with E-state index in [0.717, 1.165) is 4.96 Å². The van der Waals surface area contributed by atoms with Gasteiger partial charge in [-0.2, -0.15) is 0 Å². The lowest BCUT2D eigenvalue weighted by Crippen LogP contribution is -1.70. The highest BCUT2D eigenvalue weighted by molar-refractivity contribution is 7.30. The van der Waals surface area contributed by atoms with E-state index in [1.165, 1.54) is 18.6 Å². The second-order valence-electron chi connectivity index (χ2n) is 2.52. The topological polar surface area (TPSA) is 17.3 Å². The predicted octanol–water partition coefficient (Wildman–Crippen LogP) is 3.13. The molecule has 0 unspecified atom stereocenters. The minimum Gasteiger partial charge on any atom is -0.265 e. The number of hydrogen-bond donors (Lipinski definition) is 0. The van der Waals surface area contributed by atoms with Crippen molar-refractivity contribution in [1.29, 1.82) is 0 Å². The fourth-order valence-electron chi connectivity index (χ4n) is 1.28. The van der Waals surface area contributed by atoms with Crippen molar-refractivity contribution in [3.05, 3.63) is 30.2 Å². The summed E-state index contributed by atoms with van der Waals surface area (Å²) in [5.74, 6) is 1.93. The van der Waals surface area contributed by atoms with Gasteiger partial charge in [0, 0.05) is 8.35 Å². The Kier molecular flexibility index (Phi) is 1.25. The third kappa shape index (κ3) is 0.752. The molecule has 0 radical (unpaired) electrons. The van der Waals surface area contributed by atoms with Gasteiger partial charge in [0.25, 0.3) is 0 Å². The summed E-state index contributed by atoms with van der Waals surface area (Å²) in [5.41, 5.74) is 1.29. The van der Waals surface area contributed by atoms with Gasteiger partial charge in [-0.3, -0.25) is 4.16 Å². The van der Waals surface area contributed by atoms with Crippen LogP contribution in [-0.2, 0) is 0 Å². The van der Waals surface area contributed by atoms with E-state index in [9.17, 15) is 0 Å². The molecule has 3 aromatic rings. The molecule has 3 rings (SSSR count). The minimum atomic E-state index is 1.11. The van der Waals surface area contributed by atoms with Crippen LogP contribution in [0.1, 0.15) is 0 Å². The molecule has 0 fully saturated rings. The van der Waals surface area contributed by atoms with Gasteiger partial charge in [0.15, 0.2) is 4.96 Å². The highest BCUT2D eigenvalue weighted by Crippen LogP contribution is 2.28. The highest BCUT2D eigenvalue weighted by atomic mass is 32.1. The predicted molar refractivity (Wildman–Crippen MR) is 53.1 cm³/mol. The average molecular weight is 192 g/mol. The van der Waals surface area contributed by atoms with Gasteiger partial charge in [-0.15, -0.1) is 0 Å². The first kappa shape index (κ1) is 6.58. The molecule has 0 atom stereocenters. The van der Waals surface area contributed by atoms with Crippen LogP contribution in [0.2, 0.25) is 0 Å². The Morgan fingerprint density at radius 1 is 1.33 bits per heavy atom. The first-order valence-electron chi connectivity index (χ1n) is 3.62. The zero-order chi connectivity index (χ0) is 7.97. The largest absolute Gasteiger partial charge is 0.265 e. The normalized spacial score (nSPS) is 12.0. The first-order chi connectivity index (χ1) is 5.95. The fourth-order valence-corrected chi connectivity index (χ4v) is 3.30. The van der Waals surface area contributed by atoms with E-state index < -0.39 is 0 Å². The summed E-state index contributed by atoms with van der Waals surface area (Å²) >= 11 is 1.74. The van der Waals surface area contributed by atoms with Crippen LogP contribution in [0.3, 0.4) is 0 Å². The third-order valence-corrected chi connectivity index (χ3v) is 3.84. The molecule has 0 saturated heterocycles. The van der Waals surface area contributed by atoms with Crippen LogP contribution >= 0.6 is 19.7 Å². The lowest BCUT2D eigenvalue weighted by Gasteiger charge is -1.86. The lowest BCUT2D eigenvalue weighted by molar-refractivity contribution is 1.39. The number of thiazole rings is 1. The standard InChI is InChI=1S/C8H5N2PS/c1-2-4-7-6(3-1)10-8(12-7)9-5-11-10/h1-5H. The van der Waals surface area contributed by atoms with E-state index in [1.54, 1.807) is 11.3 Å². The number of benzene rings is 1. The highest BCUT2D eigenvalue weighted by Gasteiger charge is 2.02. The fraction of sp³-hybridized carbons (Fsp3) is 0.